The van der Waals surface area contributed by atoms with Crippen LogP contribution in [-0.4, -0.2) is 33.7 Å². The van der Waals surface area contributed by atoms with Crippen LogP contribution in [0.5, 0.6) is 0 Å². The molecule has 5 nitrogen and oxygen atoms in total. The molecule has 6 heteroatoms. The molecule has 1 aliphatic rings. The summed E-state index contributed by atoms with van der Waals surface area (Å²) in [4.78, 5) is 17.8. The summed E-state index contributed by atoms with van der Waals surface area (Å²) in [7, 11) is 0. The molecule has 158 valence electrons. The number of likely N-dealkylation sites (tertiary alicyclic amines) is 1. The van der Waals surface area contributed by atoms with Crippen molar-refractivity contribution < 1.29 is 4.79 Å². The lowest BCUT2D eigenvalue weighted by molar-refractivity contribution is -0.116. The van der Waals surface area contributed by atoms with E-state index in [9.17, 15) is 4.79 Å². The third-order valence-corrected chi connectivity index (χ3v) is 6.71. The highest BCUT2D eigenvalue weighted by Gasteiger charge is 2.23. The predicted octanol–water partition coefficient (Wildman–Crippen LogP) is 5.05. The fraction of sp³-hybridized carbons (Fsp3) is 0.417. The molecule has 0 saturated carbocycles. The number of hydrogen-bond acceptors (Lipinski definition) is 4. The van der Waals surface area contributed by atoms with Gasteiger partial charge in [0.05, 0.1) is 12.2 Å². The maximum Gasteiger partial charge on any atom is 0.225 e. The largest absolute Gasteiger partial charge is 0.311 e. The standard InChI is InChI=1S/C24H30N4OS/c1-19-10-11-22(30-19)18-27-16-13-21(14-17-27)28-23(12-15-25-28)26-24(29)9-5-8-20-6-3-2-4-7-20/h2-4,6-7,10-12,15,21H,5,8-9,13-14,16-18H2,1H3,(H,26,29). The monoisotopic (exact) mass is 422 g/mol. The zero-order valence-electron chi connectivity index (χ0n) is 17.6. The first-order valence-electron chi connectivity index (χ1n) is 10.8. The zero-order chi connectivity index (χ0) is 20.8. The number of piperidine rings is 1. The minimum Gasteiger partial charge on any atom is -0.311 e. The van der Waals surface area contributed by atoms with Crippen molar-refractivity contribution in [3.8, 4) is 0 Å². The maximum atomic E-state index is 12.4. The van der Waals surface area contributed by atoms with Crippen LogP contribution in [0.15, 0.2) is 54.7 Å². The lowest BCUT2D eigenvalue weighted by Gasteiger charge is -2.32. The zero-order valence-corrected chi connectivity index (χ0v) is 18.4. The second-order valence-corrected chi connectivity index (χ2v) is 9.44. The molecular formula is C24H30N4OS. The number of carbonyl (C=O) groups excluding carboxylic acids is 1. The lowest BCUT2D eigenvalue weighted by Crippen LogP contribution is -2.34. The van der Waals surface area contributed by atoms with Crippen LogP contribution in [0.1, 0.15) is 47.0 Å². The molecule has 2 aromatic heterocycles. The highest BCUT2D eigenvalue weighted by Crippen LogP contribution is 2.27. The normalized spacial score (nSPS) is 15.4. The topological polar surface area (TPSA) is 50.2 Å². The Labute approximate surface area is 182 Å². The molecular weight excluding hydrogens is 392 g/mol. The number of anilines is 1. The smallest absolute Gasteiger partial charge is 0.225 e. The molecule has 1 N–H and O–H groups in total. The van der Waals surface area contributed by atoms with Crippen LogP contribution in [0, 0.1) is 6.92 Å². The molecule has 1 aliphatic heterocycles. The average Bonchev–Trinajstić information content (AvgIpc) is 3.38. The van der Waals surface area contributed by atoms with Gasteiger partial charge in [0.15, 0.2) is 0 Å². The molecule has 0 atom stereocenters. The van der Waals surface area contributed by atoms with Gasteiger partial charge in [0.2, 0.25) is 5.91 Å². The van der Waals surface area contributed by atoms with Gasteiger partial charge in [-0.15, -0.1) is 11.3 Å². The van der Waals surface area contributed by atoms with Crippen molar-refractivity contribution in [2.24, 2.45) is 0 Å². The Balaban J connectivity index is 1.24. The van der Waals surface area contributed by atoms with Gasteiger partial charge in [0, 0.05) is 41.9 Å². The first-order valence-corrected chi connectivity index (χ1v) is 11.6. The molecule has 0 aliphatic carbocycles. The van der Waals surface area contributed by atoms with Crippen molar-refractivity contribution in [2.45, 2.75) is 51.6 Å². The minimum atomic E-state index is 0.0678. The van der Waals surface area contributed by atoms with E-state index in [1.165, 1.54) is 15.3 Å². The molecule has 1 amide bonds. The quantitative estimate of drug-likeness (QED) is 0.552. The van der Waals surface area contributed by atoms with Crippen LogP contribution in [0.4, 0.5) is 5.82 Å². The molecule has 4 rings (SSSR count). The van der Waals surface area contributed by atoms with Gasteiger partial charge in [-0.05, 0) is 50.3 Å². The van der Waals surface area contributed by atoms with Crippen LogP contribution in [0.3, 0.4) is 0 Å². The number of nitrogens with one attached hydrogen (secondary N) is 1. The molecule has 30 heavy (non-hydrogen) atoms. The third-order valence-electron chi connectivity index (χ3n) is 5.73. The van der Waals surface area contributed by atoms with Crippen LogP contribution >= 0.6 is 11.3 Å². The number of benzene rings is 1. The number of thiophene rings is 1. The molecule has 3 aromatic rings. The SMILES string of the molecule is Cc1ccc(CN2CCC(n3nccc3NC(=O)CCCc3ccccc3)CC2)s1. The molecule has 1 fully saturated rings. The Morgan fingerprint density at radius 1 is 1.13 bits per heavy atom. The summed E-state index contributed by atoms with van der Waals surface area (Å²) in [6, 6.07) is 17.0. The Kier molecular flexibility index (Phi) is 6.97. The Hall–Kier alpha value is -2.44. The van der Waals surface area contributed by atoms with Crippen molar-refractivity contribution in [2.75, 3.05) is 18.4 Å². The predicted molar refractivity (Wildman–Crippen MR) is 123 cm³/mol. The molecule has 0 unspecified atom stereocenters. The second kappa shape index (κ2) is 10.0. The van der Waals surface area contributed by atoms with E-state index in [1.807, 2.05) is 40.3 Å². The summed E-state index contributed by atoms with van der Waals surface area (Å²) < 4.78 is 2.02. The van der Waals surface area contributed by atoms with E-state index in [0.717, 1.165) is 51.1 Å². The van der Waals surface area contributed by atoms with E-state index in [4.69, 9.17) is 0 Å². The van der Waals surface area contributed by atoms with E-state index in [0.29, 0.717) is 12.5 Å². The van der Waals surface area contributed by atoms with E-state index in [1.54, 1.807) is 6.20 Å². The Morgan fingerprint density at radius 3 is 2.67 bits per heavy atom. The maximum absolute atomic E-state index is 12.4. The summed E-state index contributed by atoms with van der Waals surface area (Å²) in [6.07, 6.45) is 6.21. The van der Waals surface area contributed by atoms with Gasteiger partial charge in [-0.1, -0.05) is 30.3 Å². The van der Waals surface area contributed by atoms with Gasteiger partial charge in [-0.25, -0.2) is 4.68 Å². The summed E-state index contributed by atoms with van der Waals surface area (Å²) in [5, 5.41) is 7.60. The van der Waals surface area contributed by atoms with Crippen molar-refractivity contribution in [1.29, 1.82) is 0 Å². The van der Waals surface area contributed by atoms with Crippen molar-refractivity contribution >= 4 is 23.1 Å². The molecule has 1 aromatic carbocycles. The van der Waals surface area contributed by atoms with Gasteiger partial charge in [0.25, 0.3) is 0 Å². The number of hydrogen-bond donors (Lipinski definition) is 1. The summed E-state index contributed by atoms with van der Waals surface area (Å²) >= 11 is 1.89. The second-order valence-electron chi connectivity index (χ2n) is 8.07. The molecule has 3 heterocycles. The lowest BCUT2D eigenvalue weighted by atomic mass is 10.1. The number of aryl methyl sites for hydroxylation is 2. The van der Waals surface area contributed by atoms with Gasteiger partial charge in [-0.3, -0.25) is 9.69 Å². The van der Waals surface area contributed by atoms with Crippen LogP contribution in [-0.2, 0) is 17.8 Å². The first-order chi connectivity index (χ1) is 14.7. The fourth-order valence-electron chi connectivity index (χ4n) is 4.12. The van der Waals surface area contributed by atoms with E-state index < -0.39 is 0 Å². The molecule has 0 radical (unpaired) electrons. The number of carbonyl (C=O) groups is 1. The Morgan fingerprint density at radius 2 is 1.93 bits per heavy atom. The molecule has 1 saturated heterocycles. The molecule has 0 bridgehead atoms. The van der Waals surface area contributed by atoms with Crippen LogP contribution in [0.25, 0.3) is 0 Å². The summed E-state index contributed by atoms with van der Waals surface area (Å²) in [5.41, 5.74) is 1.28. The highest BCUT2D eigenvalue weighted by atomic mass is 32.1. The Bertz CT molecular complexity index is 941. The van der Waals surface area contributed by atoms with Crippen LogP contribution in [0.2, 0.25) is 0 Å². The number of nitrogens with zero attached hydrogens (tertiary/aromatic N) is 3. The van der Waals surface area contributed by atoms with Gasteiger partial charge in [0.1, 0.15) is 5.82 Å². The van der Waals surface area contributed by atoms with Crippen LogP contribution < -0.4 is 5.32 Å². The van der Waals surface area contributed by atoms with E-state index in [-0.39, 0.29) is 5.91 Å². The van der Waals surface area contributed by atoms with Crippen molar-refractivity contribution in [3.63, 3.8) is 0 Å². The number of rotatable bonds is 8. The first kappa shape index (κ1) is 20.8. The molecule has 0 spiro atoms. The fourth-order valence-corrected chi connectivity index (χ4v) is 5.05. The van der Waals surface area contributed by atoms with E-state index in [2.05, 4.69) is 46.5 Å². The third kappa shape index (κ3) is 5.58. The number of aromatic nitrogens is 2. The highest BCUT2D eigenvalue weighted by molar-refractivity contribution is 7.11. The van der Waals surface area contributed by atoms with Crippen molar-refractivity contribution in [3.05, 3.63) is 70.0 Å². The van der Waals surface area contributed by atoms with Crippen molar-refractivity contribution in [1.82, 2.24) is 14.7 Å². The average molecular weight is 423 g/mol. The van der Waals surface area contributed by atoms with Gasteiger partial charge >= 0.3 is 0 Å². The van der Waals surface area contributed by atoms with Gasteiger partial charge < -0.3 is 5.32 Å². The van der Waals surface area contributed by atoms with Gasteiger partial charge in [-0.2, -0.15) is 5.10 Å². The van der Waals surface area contributed by atoms with E-state index >= 15 is 0 Å². The number of amides is 1. The summed E-state index contributed by atoms with van der Waals surface area (Å²) in [5.74, 6) is 0.894. The summed E-state index contributed by atoms with van der Waals surface area (Å²) in [6.45, 7) is 5.32. The minimum absolute atomic E-state index is 0.0678.